The number of likely N-dealkylation sites (N-methyl/N-ethyl adjacent to an activating group) is 1. The van der Waals surface area contributed by atoms with Gasteiger partial charge in [0.05, 0.1) is 7.05 Å². The van der Waals surface area contributed by atoms with Gasteiger partial charge in [0.15, 0.2) is 18.0 Å². The van der Waals surface area contributed by atoms with E-state index in [1.807, 2.05) is 25.2 Å². The highest BCUT2D eigenvalue weighted by molar-refractivity contribution is 5.94. The predicted octanol–water partition coefficient (Wildman–Crippen LogP) is 0.302. The number of nitrogens with one attached hydrogen (secondary N) is 3. The van der Waals surface area contributed by atoms with Crippen molar-refractivity contribution in [1.82, 2.24) is 10.6 Å². The van der Waals surface area contributed by atoms with Crippen molar-refractivity contribution >= 4 is 11.9 Å². The van der Waals surface area contributed by atoms with Crippen molar-refractivity contribution < 1.29 is 24.0 Å². The normalized spacial score (nSPS) is 13.7. The topological polar surface area (TPSA) is 81.1 Å². The number of carbonyl (C=O) groups is 2. The summed E-state index contributed by atoms with van der Waals surface area (Å²) in [4.78, 5) is 24.5. The molecule has 1 aromatic carbocycles. The lowest BCUT2D eigenvalue weighted by atomic mass is 10.1. The number of rotatable bonds is 7. The summed E-state index contributed by atoms with van der Waals surface area (Å²) in [7, 11) is 1.90. The van der Waals surface area contributed by atoms with Crippen LogP contribution >= 0.6 is 0 Å². The molecule has 1 atom stereocenters. The molecule has 0 saturated carbocycles. The summed E-state index contributed by atoms with van der Waals surface area (Å²) < 4.78 is 10.6. The van der Waals surface area contributed by atoms with Crippen molar-refractivity contribution in [2.75, 3.05) is 26.9 Å². The largest absolute Gasteiger partial charge is 0.454 e. The van der Waals surface area contributed by atoms with Crippen LogP contribution in [0, 0.1) is 5.92 Å². The molecule has 0 aromatic heterocycles. The molecule has 1 aliphatic rings. The van der Waals surface area contributed by atoms with E-state index in [9.17, 15) is 9.59 Å². The number of imide groups is 1. The Morgan fingerprint density at radius 2 is 2.00 bits per heavy atom. The van der Waals surface area contributed by atoms with Gasteiger partial charge in [-0.15, -0.1) is 0 Å². The van der Waals surface area contributed by atoms with Gasteiger partial charge in [-0.1, -0.05) is 13.8 Å². The predicted molar refractivity (Wildman–Crippen MR) is 89.0 cm³/mol. The number of ether oxygens (including phenoxy) is 2. The standard InChI is InChI=1S/C17H25N3O4/c1-12(2)6-7-18-17(22)19-16(21)10-20(3)9-13-4-5-14-15(8-13)24-11-23-14/h4-5,8,12H,6-7,9-11H2,1-3H3,(H2,18,19,21,22)/p+1. The van der Waals surface area contributed by atoms with Crippen LogP contribution in [0.15, 0.2) is 18.2 Å². The molecular formula is C17H26N3O4+. The second-order valence-corrected chi connectivity index (χ2v) is 6.48. The van der Waals surface area contributed by atoms with E-state index in [1.165, 1.54) is 0 Å². The third-order valence-electron chi connectivity index (χ3n) is 3.67. The zero-order valence-electron chi connectivity index (χ0n) is 14.5. The minimum Gasteiger partial charge on any atom is -0.454 e. The highest BCUT2D eigenvalue weighted by Gasteiger charge is 2.17. The highest BCUT2D eigenvalue weighted by atomic mass is 16.7. The van der Waals surface area contributed by atoms with Crippen LogP contribution in [0.4, 0.5) is 4.79 Å². The Kier molecular flexibility index (Phi) is 6.43. The molecule has 0 radical (unpaired) electrons. The lowest BCUT2D eigenvalue weighted by molar-refractivity contribution is -0.885. The van der Waals surface area contributed by atoms with Crippen molar-refractivity contribution in [3.8, 4) is 11.5 Å². The molecule has 0 saturated heterocycles. The zero-order chi connectivity index (χ0) is 17.5. The molecular weight excluding hydrogens is 310 g/mol. The Balaban J connectivity index is 1.72. The molecule has 1 heterocycles. The fraction of sp³-hybridized carbons (Fsp3) is 0.529. The number of quaternary nitrogens is 1. The first-order chi connectivity index (χ1) is 11.4. The van der Waals surface area contributed by atoms with E-state index in [2.05, 4.69) is 24.5 Å². The summed E-state index contributed by atoms with van der Waals surface area (Å²) in [6, 6.07) is 5.31. The van der Waals surface area contributed by atoms with Crippen molar-refractivity contribution in [2.45, 2.75) is 26.8 Å². The monoisotopic (exact) mass is 336 g/mol. The average molecular weight is 336 g/mol. The first-order valence-corrected chi connectivity index (χ1v) is 8.21. The van der Waals surface area contributed by atoms with Gasteiger partial charge >= 0.3 is 6.03 Å². The van der Waals surface area contributed by atoms with Crippen LogP contribution in [-0.4, -0.2) is 38.9 Å². The molecule has 0 fully saturated rings. The van der Waals surface area contributed by atoms with E-state index in [4.69, 9.17) is 9.47 Å². The molecule has 0 spiro atoms. The van der Waals surface area contributed by atoms with Gasteiger partial charge in [-0.3, -0.25) is 10.1 Å². The van der Waals surface area contributed by atoms with Crippen LogP contribution in [0.25, 0.3) is 0 Å². The van der Waals surface area contributed by atoms with Crippen molar-refractivity contribution in [3.05, 3.63) is 23.8 Å². The van der Waals surface area contributed by atoms with E-state index in [0.717, 1.165) is 28.4 Å². The fourth-order valence-electron chi connectivity index (χ4n) is 2.43. The highest BCUT2D eigenvalue weighted by Crippen LogP contribution is 2.32. The fourth-order valence-corrected chi connectivity index (χ4v) is 2.43. The Morgan fingerprint density at radius 3 is 2.75 bits per heavy atom. The van der Waals surface area contributed by atoms with Gasteiger partial charge in [0.25, 0.3) is 5.91 Å². The van der Waals surface area contributed by atoms with Gasteiger partial charge in [-0.2, -0.15) is 0 Å². The summed E-state index contributed by atoms with van der Waals surface area (Å²) in [5.41, 5.74) is 1.05. The first kappa shape index (κ1) is 18.1. The van der Waals surface area contributed by atoms with Crippen molar-refractivity contribution in [1.29, 1.82) is 0 Å². The van der Waals surface area contributed by atoms with Crippen LogP contribution in [0.3, 0.4) is 0 Å². The van der Waals surface area contributed by atoms with Gasteiger partial charge in [0.1, 0.15) is 6.54 Å². The quantitative estimate of drug-likeness (QED) is 0.669. The lowest BCUT2D eigenvalue weighted by Gasteiger charge is -2.14. The molecule has 0 bridgehead atoms. The average Bonchev–Trinajstić information content (AvgIpc) is 2.93. The maximum Gasteiger partial charge on any atom is 0.321 e. The molecule has 1 unspecified atom stereocenters. The summed E-state index contributed by atoms with van der Waals surface area (Å²) in [5.74, 6) is 1.69. The number of carbonyl (C=O) groups excluding carboxylic acids is 2. The maximum absolute atomic E-state index is 11.9. The minimum absolute atomic E-state index is 0.214. The third-order valence-corrected chi connectivity index (χ3v) is 3.67. The Morgan fingerprint density at radius 1 is 1.25 bits per heavy atom. The number of amides is 3. The molecule has 7 heteroatoms. The molecule has 0 aliphatic carbocycles. The van der Waals surface area contributed by atoms with Gasteiger partial charge < -0.3 is 19.7 Å². The number of urea groups is 1. The molecule has 1 aliphatic heterocycles. The van der Waals surface area contributed by atoms with E-state index >= 15 is 0 Å². The smallest absolute Gasteiger partial charge is 0.321 e. The van der Waals surface area contributed by atoms with Gasteiger partial charge in [0.2, 0.25) is 6.79 Å². The van der Waals surface area contributed by atoms with Crippen LogP contribution in [0.2, 0.25) is 0 Å². The first-order valence-electron chi connectivity index (χ1n) is 8.21. The summed E-state index contributed by atoms with van der Waals surface area (Å²) in [5, 5.41) is 5.04. The Labute approximate surface area is 142 Å². The van der Waals surface area contributed by atoms with E-state index in [-0.39, 0.29) is 19.2 Å². The Bertz CT molecular complexity index is 589. The molecule has 7 nitrogen and oxygen atoms in total. The van der Waals surface area contributed by atoms with E-state index in [0.29, 0.717) is 19.0 Å². The van der Waals surface area contributed by atoms with Crippen LogP contribution in [0.1, 0.15) is 25.8 Å². The third kappa shape index (κ3) is 5.73. The lowest BCUT2D eigenvalue weighted by Crippen LogP contribution is -3.09. The zero-order valence-corrected chi connectivity index (χ0v) is 14.5. The molecule has 132 valence electrons. The molecule has 24 heavy (non-hydrogen) atoms. The molecule has 1 aromatic rings. The van der Waals surface area contributed by atoms with Crippen molar-refractivity contribution in [3.63, 3.8) is 0 Å². The van der Waals surface area contributed by atoms with Crippen molar-refractivity contribution in [2.24, 2.45) is 5.92 Å². The van der Waals surface area contributed by atoms with Gasteiger partial charge in [0, 0.05) is 12.1 Å². The summed E-state index contributed by atoms with van der Waals surface area (Å²) in [6.45, 7) is 5.84. The number of hydrogen-bond donors (Lipinski definition) is 3. The minimum atomic E-state index is -0.434. The number of hydrogen-bond acceptors (Lipinski definition) is 4. The van der Waals surface area contributed by atoms with E-state index in [1.54, 1.807) is 0 Å². The Hall–Kier alpha value is -2.28. The van der Waals surface area contributed by atoms with E-state index < -0.39 is 6.03 Å². The molecule has 3 amide bonds. The maximum atomic E-state index is 11.9. The van der Waals surface area contributed by atoms with Crippen LogP contribution in [0.5, 0.6) is 11.5 Å². The second-order valence-electron chi connectivity index (χ2n) is 6.48. The number of benzene rings is 1. The van der Waals surface area contributed by atoms with Gasteiger partial charge in [-0.25, -0.2) is 4.79 Å². The number of fused-ring (bicyclic) bond motifs is 1. The van der Waals surface area contributed by atoms with Crippen LogP contribution < -0.4 is 25.0 Å². The molecule has 3 N–H and O–H groups in total. The van der Waals surface area contributed by atoms with Crippen LogP contribution in [-0.2, 0) is 11.3 Å². The SMILES string of the molecule is CC(C)CCNC(=O)NC(=O)C[NH+](C)Cc1ccc2c(c1)OCO2. The summed E-state index contributed by atoms with van der Waals surface area (Å²) >= 11 is 0. The summed E-state index contributed by atoms with van der Waals surface area (Å²) in [6.07, 6.45) is 0.886. The molecule has 2 rings (SSSR count). The van der Waals surface area contributed by atoms with Gasteiger partial charge in [-0.05, 0) is 30.5 Å². The second kappa shape index (κ2) is 8.54.